The van der Waals surface area contributed by atoms with Crippen LogP contribution in [0.4, 0.5) is 20.4 Å². The highest BCUT2D eigenvalue weighted by atomic mass is 32.2. The van der Waals surface area contributed by atoms with Crippen LogP contribution in [0.2, 0.25) is 0 Å². The van der Waals surface area contributed by atoms with Gasteiger partial charge in [-0.25, -0.2) is 31.9 Å². The molecule has 2 heterocycles. The first-order valence-electron chi connectivity index (χ1n) is 9.14. The number of nitrogens with one attached hydrogen (secondary N) is 2. The molecule has 28 heavy (non-hydrogen) atoms. The molecule has 152 valence electrons. The maximum Gasteiger partial charge on any atom is 0.240 e. The number of benzene rings is 1. The topological polar surface area (TPSA) is 87.2 Å². The Kier molecular flexibility index (Phi) is 6.40. The number of nitrogens with zero attached hydrogens (tertiary/aromatic N) is 3. The molecule has 2 aromatic rings. The van der Waals surface area contributed by atoms with Gasteiger partial charge in [0, 0.05) is 32.2 Å². The summed E-state index contributed by atoms with van der Waals surface area (Å²) >= 11 is 0. The van der Waals surface area contributed by atoms with Crippen LogP contribution in [0, 0.1) is 18.6 Å². The van der Waals surface area contributed by atoms with Crippen molar-refractivity contribution in [3.63, 3.8) is 0 Å². The van der Waals surface area contributed by atoms with Gasteiger partial charge in [-0.15, -0.1) is 0 Å². The molecule has 1 aliphatic heterocycles. The Morgan fingerprint density at radius 1 is 1.04 bits per heavy atom. The van der Waals surface area contributed by atoms with Crippen LogP contribution < -0.4 is 14.9 Å². The van der Waals surface area contributed by atoms with Gasteiger partial charge in [-0.3, -0.25) is 0 Å². The van der Waals surface area contributed by atoms with Crippen LogP contribution >= 0.6 is 0 Å². The van der Waals surface area contributed by atoms with E-state index in [-0.39, 0.29) is 18.0 Å². The summed E-state index contributed by atoms with van der Waals surface area (Å²) in [4.78, 5) is 10.7. The van der Waals surface area contributed by atoms with E-state index >= 15 is 0 Å². The van der Waals surface area contributed by atoms with Gasteiger partial charge in [0.1, 0.15) is 17.5 Å². The first kappa shape index (κ1) is 20.4. The Morgan fingerprint density at radius 3 is 2.50 bits per heavy atom. The standard InChI is InChI=1S/C18H23F2N5O2S/c1-13-23-17(12-18(24-13)25-9-3-2-4-10-25)21-7-8-22-28(26,27)14-5-6-15(19)16(20)11-14/h5-6,11-12,22H,2-4,7-10H2,1H3,(H,21,23,24). The maximum atomic E-state index is 13.3. The molecule has 0 bridgehead atoms. The van der Waals surface area contributed by atoms with E-state index in [4.69, 9.17) is 0 Å². The number of anilines is 2. The van der Waals surface area contributed by atoms with Crippen LogP contribution in [0.25, 0.3) is 0 Å². The number of piperidine rings is 1. The van der Waals surface area contributed by atoms with Gasteiger partial charge in [0.05, 0.1) is 4.90 Å². The summed E-state index contributed by atoms with van der Waals surface area (Å²) in [6.07, 6.45) is 3.50. The van der Waals surface area contributed by atoms with Gasteiger partial charge in [0.2, 0.25) is 10.0 Å². The Bertz CT molecular complexity index is 934. The van der Waals surface area contributed by atoms with Gasteiger partial charge in [0.25, 0.3) is 0 Å². The third-order valence-electron chi connectivity index (χ3n) is 4.43. The lowest BCUT2D eigenvalue weighted by Crippen LogP contribution is -2.31. The van der Waals surface area contributed by atoms with Crippen molar-refractivity contribution in [2.75, 3.05) is 36.4 Å². The molecule has 1 aromatic heterocycles. The number of hydrogen-bond acceptors (Lipinski definition) is 6. The summed E-state index contributed by atoms with van der Waals surface area (Å²) in [5, 5.41) is 3.07. The zero-order chi connectivity index (χ0) is 20.1. The van der Waals surface area contributed by atoms with E-state index in [9.17, 15) is 17.2 Å². The molecule has 0 spiro atoms. The Balaban J connectivity index is 1.57. The van der Waals surface area contributed by atoms with Gasteiger partial charge in [0.15, 0.2) is 11.6 Å². The minimum Gasteiger partial charge on any atom is -0.369 e. The highest BCUT2D eigenvalue weighted by molar-refractivity contribution is 7.89. The fraction of sp³-hybridized carbons (Fsp3) is 0.444. The van der Waals surface area contributed by atoms with Crippen molar-refractivity contribution in [2.45, 2.75) is 31.1 Å². The number of aromatic nitrogens is 2. The zero-order valence-electron chi connectivity index (χ0n) is 15.6. The number of hydrogen-bond donors (Lipinski definition) is 2. The van der Waals surface area contributed by atoms with E-state index in [0.717, 1.165) is 43.9 Å². The molecule has 1 saturated heterocycles. The Morgan fingerprint density at radius 2 is 1.79 bits per heavy atom. The largest absolute Gasteiger partial charge is 0.369 e. The average Bonchev–Trinajstić information content (AvgIpc) is 2.67. The summed E-state index contributed by atoms with van der Waals surface area (Å²) in [5.41, 5.74) is 0. The highest BCUT2D eigenvalue weighted by Gasteiger charge is 2.16. The van der Waals surface area contributed by atoms with Crippen molar-refractivity contribution in [3.05, 3.63) is 41.7 Å². The molecule has 1 aliphatic rings. The van der Waals surface area contributed by atoms with Crippen molar-refractivity contribution in [2.24, 2.45) is 0 Å². The average molecular weight is 411 g/mol. The Hall–Kier alpha value is -2.33. The molecular weight excluding hydrogens is 388 g/mol. The van der Waals surface area contributed by atoms with Gasteiger partial charge in [-0.05, 0) is 44.4 Å². The van der Waals surface area contributed by atoms with Gasteiger partial charge in [-0.2, -0.15) is 0 Å². The van der Waals surface area contributed by atoms with Gasteiger partial charge >= 0.3 is 0 Å². The molecule has 3 rings (SSSR count). The van der Waals surface area contributed by atoms with E-state index in [1.807, 2.05) is 13.0 Å². The maximum absolute atomic E-state index is 13.3. The smallest absolute Gasteiger partial charge is 0.240 e. The summed E-state index contributed by atoms with van der Waals surface area (Å²) < 4.78 is 52.9. The predicted octanol–water partition coefficient (Wildman–Crippen LogP) is 2.44. The molecule has 0 amide bonds. The first-order valence-corrected chi connectivity index (χ1v) is 10.6. The number of rotatable bonds is 7. The van der Waals surface area contributed by atoms with E-state index in [0.29, 0.717) is 17.7 Å². The van der Waals surface area contributed by atoms with Crippen molar-refractivity contribution in [3.8, 4) is 0 Å². The minimum atomic E-state index is -3.93. The molecular formula is C18H23F2N5O2S. The van der Waals surface area contributed by atoms with Gasteiger partial charge < -0.3 is 10.2 Å². The normalized spacial score (nSPS) is 14.9. The van der Waals surface area contributed by atoms with Crippen molar-refractivity contribution < 1.29 is 17.2 Å². The van der Waals surface area contributed by atoms with Crippen LogP contribution in [0.3, 0.4) is 0 Å². The van der Waals surface area contributed by atoms with E-state index in [1.165, 1.54) is 6.42 Å². The molecule has 2 N–H and O–H groups in total. The molecule has 1 fully saturated rings. The molecule has 0 atom stereocenters. The van der Waals surface area contributed by atoms with Crippen molar-refractivity contribution in [1.82, 2.24) is 14.7 Å². The lowest BCUT2D eigenvalue weighted by Gasteiger charge is -2.28. The second-order valence-electron chi connectivity index (χ2n) is 6.61. The van der Waals surface area contributed by atoms with Crippen molar-refractivity contribution >= 4 is 21.7 Å². The predicted molar refractivity (Wildman–Crippen MR) is 103 cm³/mol. The molecule has 0 radical (unpaired) electrons. The van der Waals surface area contributed by atoms with Crippen molar-refractivity contribution in [1.29, 1.82) is 0 Å². The monoisotopic (exact) mass is 411 g/mol. The third-order valence-corrected chi connectivity index (χ3v) is 5.89. The number of aryl methyl sites for hydroxylation is 1. The zero-order valence-corrected chi connectivity index (χ0v) is 16.4. The van der Waals surface area contributed by atoms with E-state index < -0.39 is 21.7 Å². The number of sulfonamides is 1. The Labute approximate surface area is 163 Å². The molecule has 1 aromatic carbocycles. The molecule has 0 saturated carbocycles. The fourth-order valence-corrected chi connectivity index (χ4v) is 4.07. The van der Waals surface area contributed by atoms with Crippen LogP contribution in [0.5, 0.6) is 0 Å². The molecule has 7 nitrogen and oxygen atoms in total. The summed E-state index contributed by atoms with van der Waals surface area (Å²) in [6, 6.07) is 4.31. The van der Waals surface area contributed by atoms with Crippen LogP contribution in [-0.2, 0) is 10.0 Å². The molecule has 10 heteroatoms. The SMILES string of the molecule is Cc1nc(NCCNS(=O)(=O)c2ccc(F)c(F)c2)cc(N2CCCCC2)n1. The quantitative estimate of drug-likeness (QED) is 0.681. The first-order chi connectivity index (χ1) is 13.3. The minimum absolute atomic E-state index is 0.0590. The highest BCUT2D eigenvalue weighted by Crippen LogP contribution is 2.20. The third kappa shape index (κ3) is 5.14. The second kappa shape index (κ2) is 8.78. The second-order valence-corrected chi connectivity index (χ2v) is 8.37. The molecule has 0 aliphatic carbocycles. The van der Waals surface area contributed by atoms with E-state index in [1.54, 1.807) is 0 Å². The fourth-order valence-electron chi connectivity index (χ4n) is 3.03. The number of halogens is 2. The van der Waals surface area contributed by atoms with Crippen LogP contribution in [0.1, 0.15) is 25.1 Å². The summed E-state index contributed by atoms with van der Waals surface area (Å²) in [6.45, 7) is 4.07. The lowest BCUT2D eigenvalue weighted by molar-refractivity contribution is 0.504. The van der Waals surface area contributed by atoms with E-state index in [2.05, 4.69) is 24.9 Å². The lowest BCUT2D eigenvalue weighted by atomic mass is 10.1. The van der Waals surface area contributed by atoms with Crippen LogP contribution in [0.15, 0.2) is 29.2 Å². The summed E-state index contributed by atoms with van der Waals surface area (Å²) in [5.74, 6) is -0.197. The van der Waals surface area contributed by atoms with Crippen LogP contribution in [-0.4, -0.2) is 44.6 Å². The summed E-state index contributed by atoms with van der Waals surface area (Å²) in [7, 11) is -3.93. The molecule has 0 unspecified atom stereocenters. The van der Waals surface area contributed by atoms with Gasteiger partial charge in [-0.1, -0.05) is 0 Å².